The molecule has 1 aliphatic rings. The maximum atomic E-state index is 5.72. The number of likely N-dealkylation sites (N-methyl/N-ethyl adjacent to an activating group) is 1. The maximum Gasteiger partial charge on any atom is 0.0974 e. The number of piperidine rings is 1. The molecule has 1 aliphatic heterocycles. The highest BCUT2D eigenvalue weighted by atomic mass is 32.1. The third-order valence-electron chi connectivity index (χ3n) is 3.82. The van der Waals surface area contributed by atoms with Crippen molar-refractivity contribution in [2.45, 2.75) is 39.0 Å². The van der Waals surface area contributed by atoms with Crippen molar-refractivity contribution in [3.8, 4) is 0 Å². The average molecular weight is 267 g/mol. The Morgan fingerprint density at radius 3 is 3.00 bits per heavy atom. The van der Waals surface area contributed by atoms with E-state index in [1.807, 2.05) is 11.3 Å². The molecule has 0 radical (unpaired) electrons. The summed E-state index contributed by atoms with van der Waals surface area (Å²) in [5.41, 5.74) is 6.94. The zero-order chi connectivity index (χ0) is 13.1. The van der Waals surface area contributed by atoms with Crippen LogP contribution in [0.25, 0.3) is 0 Å². The minimum absolute atomic E-state index is 0.561. The van der Waals surface area contributed by atoms with E-state index in [9.17, 15) is 0 Å². The van der Waals surface area contributed by atoms with E-state index >= 15 is 0 Å². The van der Waals surface area contributed by atoms with Crippen LogP contribution in [0.5, 0.6) is 0 Å². The van der Waals surface area contributed by atoms with Crippen LogP contribution in [0.1, 0.15) is 41.3 Å². The number of hydrogen-bond acceptors (Lipinski definition) is 4. The Kier molecular flexibility index (Phi) is 4.76. The second-order valence-corrected chi connectivity index (χ2v) is 6.82. The van der Waals surface area contributed by atoms with Crippen LogP contribution in [0.3, 0.4) is 0 Å². The van der Waals surface area contributed by atoms with Crippen LogP contribution < -0.4 is 5.73 Å². The molecule has 0 amide bonds. The number of aromatic nitrogens is 1. The standard InChI is InChI=1S/C14H25N3S/c1-10(8-15)7-13-11(2)16-14(18-13)12-5-4-6-17(3)9-12/h10,12H,4-9,15H2,1-3H3. The van der Waals surface area contributed by atoms with Gasteiger partial charge >= 0.3 is 0 Å². The lowest BCUT2D eigenvalue weighted by Gasteiger charge is -2.28. The molecule has 0 saturated carbocycles. The van der Waals surface area contributed by atoms with Gasteiger partial charge in [-0.25, -0.2) is 4.98 Å². The highest BCUT2D eigenvalue weighted by Gasteiger charge is 2.23. The number of thiazole rings is 1. The van der Waals surface area contributed by atoms with E-state index in [0.29, 0.717) is 11.8 Å². The summed E-state index contributed by atoms with van der Waals surface area (Å²) in [6.07, 6.45) is 3.68. The molecule has 18 heavy (non-hydrogen) atoms. The van der Waals surface area contributed by atoms with Crippen molar-refractivity contribution in [2.75, 3.05) is 26.7 Å². The van der Waals surface area contributed by atoms with E-state index in [1.165, 1.54) is 41.5 Å². The molecule has 2 N–H and O–H groups in total. The third-order valence-corrected chi connectivity index (χ3v) is 5.16. The van der Waals surface area contributed by atoms with Gasteiger partial charge in [0.05, 0.1) is 10.7 Å². The summed E-state index contributed by atoms with van der Waals surface area (Å²) >= 11 is 1.92. The smallest absolute Gasteiger partial charge is 0.0974 e. The number of nitrogens with zero attached hydrogens (tertiary/aromatic N) is 2. The Morgan fingerprint density at radius 1 is 1.56 bits per heavy atom. The fourth-order valence-corrected chi connectivity index (χ4v) is 3.94. The molecule has 0 aromatic carbocycles. The van der Waals surface area contributed by atoms with Gasteiger partial charge in [-0.3, -0.25) is 0 Å². The molecule has 1 fully saturated rings. The molecule has 1 aromatic rings. The first-order valence-corrected chi connectivity index (χ1v) is 7.76. The van der Waals surface area contributed by atoms with E-state index in [4.69, 9.17) is 10.7 Å². The first kappa shape index (κ1) is 14.0. The van der Waals surface area contributed by atoms with Gasteiger partial charge in [-0.05, 0) is 52.2 Å². The van der Waals surface area contributed by atoms with Crippen molar-refractivity contribution in [2.24, 2.45) is 11.7 Å². The minimum Gasteiger partial charge on any atom is -0.330 e. The van der Waals surface area contributed by atoms with Crippen molar-refractivity contribution in [1.29, 1.82) is 0 Å². The van der Waals surface area contributed by atoms with Crippen molar-refractivity contribution in [3.63, 3.8) is 0 Å². The summed E-state index contributed by atoms with van der Waals surface area (Å²) in [5, 5.41) is 1.35. The molecule has 0 spiro atoms. The lowest BCUT2D eigenvalue weighted by Crippen LogP contribution is -2.30. The molecule has 1 aromatic heterocycles. The van der Waals surface area contributed by atoms with Crippen molar-refractivity contribution in [3.05, 3.63) is 15.6 Å². The molecular weight excluding hydrogens is 242 g/mol. The van der Waals surface area contributed by atoms with Gasteiger partial charge in [0.2, 0.25) is 0 Å². The predicted octanol–water partition coefficient (Wildman–Crippen LogP) is 2.40. The van der Waals surface area contributed by atoms with Crippen LogP contribution in [0.15, 0.2) is 0 Å². The van der Waals surface area contributed by atoms with Gasteiger partial charge in [0.15, 0.2) is 0 Å². The molecule has 2 rings (SSSR count). The molecule has 0 bridgehead atoms. The highest BCUT2D eigenvalue weighted by molar-refractivity contribution is 7.11. The van der Waals surface area contributed by atoms with Gasteiger partial charge < -0.3 is 10.6 Å². The van der Waals surface area contributed by atoms with Crippen LogP contribution in [-0.4, -0.2) is 36.6 Å². The Balaban J connectivity index is 2.07. The average Bonchev–Trinajstić information content (AvgIpc) is 2.71. The van der Waals surface area contributed by atoms with Gasteiger partial charge in [0, 0.05) is 17.3 Å². The lowest BCUT2D eigenvalue weighted by molar-refractivity contribution is 0.250. The van der Waals surface area contributed by atoms with Crippen LogP contribution in [0.4, 0.5) is 0 Å². The van der Waals surface area contributed by atoms with E-state index in [1.54, 1.807) is 0 Å². The van der Waals surface area contributed by atoms with Crippen molar-refractivity contribution in [1.82, 2.24) is 9.88 Å². The zero-order valence-corrected chi connectivity index (χ0v) is 12.6. The molecule has 1 saturated heterocycles. The largest absolute Gasteiger partial charge is 0.330 e. The SMILES string of the molecule is Cc1nc(C2CCCN(C)C2)sc1CC(C)CN. The van der Waals surface area contributed by atoms with E-state index < -0.39 is 0 Å². The van der Waals surface area contributed by atoms with Gasteiger partial charge in [-0.1, -0.05) is 6.92 Å². The topological polar surface area (TPSA) is 42.2 Å². The summed E-state index contributed by atoms with van der Waals surface area (Å²) in [4.78, 5) is 8.67. The number of rotatable bonds is 4. The zero-order valence-electron chi connectivity index (χ0n) is 11.8. The Morgan fingerprint density at radius 2 is 2.33 bits per heavy atom. The minimum atomic E-state index is 0.561. The maximum absolute atomic E-state index is 5.72. The Labute approximate surface area is 114 Å². The van der Waals surface area contributed by atoms with E-state index in [-0.39, 0.29) is 0 Å². The number of hydrogen-bond donors (Lipinski definition) is 1. The second-order valence-electron chi connectivity index (χ2n) is 5.71. The highest BCUT2D eigenvalue weighted by Crippen LogP contribution is 2.32. The summed E-state index contributed by atoms with van der Waals surface area (Å²) in [7, 11) is 2.21. The molecule has 4 heteroatoms. The molecule has 2 unspecified atom stereocenters. The Bertz CT molecular complexity index is 388. The van der Waals surface area contributed by atoms with Gasteiger partial charge in [0.25, 0.3) is 0 Å². The van der Waals surface area contributed by atoms with Crippen LogP contribution >= 0.6 is 11.3 Å². The van der Waals surface area contributed by atoms with Crippen LogP contribution in [-0.2, 0) is 6.42 Å². The monoisotopic (exact) mass is 267 g/mol. The van der Waals surface area contributed by atoms with Gasteiger partial charge in [0.1, 0.15) is 0 Å². The lowest BCUT2D eigenvalue weighted by atomic mass is 9.99. The van der Waals surface area contributed by atoms with E-state index in [0.717, 1.165) is 13.0 Å². The van der Waals surface area contributed by atoms with Gasteiger partial charge in [-0.2, -0.15) is 0 Å². The molecule has 2 atom stereocenters. The fraction of sp³-hybridized carbons (Fsp3) is 0.786. The summed E-state index contributed by atoms with van der Waals surface area (Å²) in [5.74, 6) is 1.21. The molecule has 3 nitrogen and oxygen atoms in total. The molecule has 102 valence electrons. The Hall–Kier alpha value is -0.450. The molecule has 0 aliphatic carbocycles. The summed E-state index contributed by atoms with van der Waals surface area (Å²) < 4.78 is 0. The first-order valence-electron chi connectivity index (χ1n) is 6.95. The predicted molar refractivity (Wildman–Crippen MR) is 78.2 cm³/mol. The van der Waals surface area contributed by atoms with Crippen LogP contribution in [0, 0.1) is 12.8 Å². The molecule has 2 heterocycles. The quantitative estimate of drug-likeness (QED) is 0.911. The fourth-order valence-electron chi connectivity index (χ4n) is 2.58. The van der Waals surface area contributed by atoms with E-state index in [2.05, 4.69) is 25.8 Å². The van der Waals surface area contributed by atoms with Crippen molar-refractivity contribution >= 4 is 11.3 Å². The summed E-state index contributed by atoms with van der Waals surface area (Å²) in [6.45, 7) is 7.52. The molecular formula is C14H25N3S. The number of likely N-dealkylation sites (tertiary alicyclic amines) is 1. The van der Waals surface area contributed by atoms with Crippen molar-refractivity contribution < 1.29 is 0 Å². The van der Waals surface area contributed by atoms with Gasteiger partial charge in [-0.15, -0.1) is 11.3 Å². The summed E-state index contributed by atoms with van der Waals surface area (Å²) in [6, 6.07) is 0. The normalized spacial score (nSPS) is 23.2. The van der Waals surface area contributed by atoms with Crippen LogP contribution in [0.2, 0.25) is 0 Å². The third kappa shape index (κ3) is 3.31. The second kappa shape index (κ2) is 6.13. The number of nitrogens with two attached hydrogens (primary N) is 1. The first-order chi connectivity index (χ1) is 8.60. The number of aryl methyl sites for hydroxylation is 1.